The SMILES string of the molecule is COC(=O)c1ccccc1NC(=O)c1cccc(CN2CCCC2=O)c1. The van der Waals surface area contributed by atoms with Crippen LogP contribution >= 0.6 is 0 Å². The molecule has 0 unspecified atom stereocenters. The lowest BCUT2D eigenvalue weighted by Gasteiger charge is -2.16. The molecule has 26 heavy (non-hydrogen) atoms. The van der Waals surface area contributed by atoms with Crippen LogP contribution in [0.4, 0.5) is 5.69 Å². The zero-order chi connectivity index (χ0) is 18.5. The van der Waals surface area contributed by atoms with Crippen LogP contribution in [0.3, 0.4) is 0 Å². The lowest BCUT2D eigenvalue weighted by atomic mass is 10.1. The van der Waals surface area contributed by atoms with Gasteiger partial charge in [-0.2, -0.15) is 0 Å². The second-order valence-electron chi connectivity index (χ2n) is 6.11. The Morgan fingerprint density at radius 2 is 1.96 bits per heavy atom. The molecule has 0 saturated carbocycles. The molecule has 0 spiro atoms. The van der Waals surface area contributed by atoms with Crippen LogP contribution in [0.15, 0.2) is 48.5 Å². The monoisotopic (exact) mass is 352 g/mol. The maximum Gasteiger partial charge on any atom is 0.339 e. The van der Waals surface area contributed by atoms with E-state index in [-0.39, 0.29) is 11.8 Å². The van der Waals surface area contributed by atoms with Crippen molar-refractivity contribution in [2.24, 2.45) is 0 Å². The van der Waals surface area contributed by atoms with Gasteiger partial charge in [0, 0.05) is 25.1 Å². The first-order valence-electron chi connectivity index (χ1n) is 8.44. The number of ether oxygens (including phenoxy) is 1. The zero-order valence-corrected chi connectivity index (χ0v) is 14.5. The van der Waals surface area contributed by atoms with Gasteiger partial charge in [-0.3, -0.25) is 9.59 Å². The third kappa shape index (κ3) is 3.91. The summed E-state index contributed by atoms with van der Waals surface area (Å²) in [4.78, 5) is 38.0. The minimum atomic E-state index is -0.512. The minimum Gasteiger partial charge on any atom is -0.465 e. The number of carbonyl (C=O) groups is 3. The Balaban J connectivity index is 1.76. The van der Waals surface area contributed by atoms with Gasteiger partial charge in [-0.1, -0.05) is 24.3 Å². The van der Waals surface area contributed by atoms with E-state index in [2.05, 4.69) is 5.32 Å². The predicted molar refractivity (Wildman–Crippen MR) is 96.8 cm³/mol. The van der Waals surface area contributed by atoms with E-state index in [0.717, 1.165) is 18.5 Å². The van der Waals surface area contributed by atoms with Crippen molar-refractivity contribution < 1.29 is 19.1 Å². The van der Waals surface area contributed by atoms with Crippen LogP contribution in [0.5, 0.6) is 0 Å². The standard InChI is InChI=1S/C20H20N2O4/c1-26-20(25)16-8-2-3-9-17(16)21-19(24)15-7-4-6-14(12-15)13-22-11-5-10-18(22)23/h2-4,6-9,12H,5,10-11,13H2,1H3,(H,21,24). The summed E-state index contributed by atoms with van der Waals surface area (Å²) in [5.41, 5.74) is 2.05. The van der Waals surface area contributed by atoms with E-state index in [4.69, 9.17) is 4.74 Å². The maximum atomic E-state index is 12.6. The fourth-order valence-corrected chi connectivity index (χ4v) is 2.98. The van der Waals surface area contributed by atoms with Gasteiger partial charge in [0.05, 0.1) is 18.4 Å². The van der Waals surface area contributed by atoms with Gasteiger partial charge in [-0.15, -0.1) is 0 Å². The first-order chi connectivity index (χ1) is 12.6. The van der Waals surface area contributed by atoms with Crippen molar-refractivity contribution in [3.05, 3.63) is 65.2 Å². The molecule has 1 saturated heterocycles. The number of amides is 2. The fourth-order valence-electron chi connectivity index (χ4n) is 2.98. The number of benzene rings is 2. The van der Waals surface area contributed by atoms with Gasteiger partial charge < -0.3 is 15.0 Å². The number of carbonyl (C=O) groups excluding carboxylic acids is 3. The van der Waals surface area contributed by atoms with Gasteiger partial charge in [0.25, 0.3) is 5.91 Å². The molecule has 1 fully saturated rings. The molecule has 0 aliphatic carbocycles. The molecule has 1 aliphatic rings. The number of esters is 1. The van der Waals surface area contributed by atoms with Crippen LogP contribution in [0, 0.1) is 0 Å². The lowest BCUT2D eigenvalue weighted by Crippen LogP contribution is -2.24. The van der Waals surface area contributed by atoms with Crippen LogP contribution in [0.1, 0.15) is 39.1 Å². The van der Waals surface area contributed by atoms with E-state index >= 15 is 0 Å². The number of hydrogen-bond acceptors (Lipinski definition) is 4. The Bertz CT molecular complexity index is 847. The molecule has 6 heteroatoms. The first-order valence-corrected chi connectivity index (χ1v) is 8.44. The smallest absolute Gasteiger partial charge is 0.339 e. The zero-order valence-electron chi connectivity index (χ0n) is 14.5. The normalized spacial score (nSPS) is 13.6. The molecule has 0 bridgehead atoms. The van der Waals surface area contributed by atoms with Crippen molar-refractivity contribution in [1.29, 1.82) is 0 Å². The Kier molecular flexibility index (Phi) is 5.31. The number of likely N-dealkylation sites (tertiary alicyclic amines) is 1. The molecule has 6 nitrogen and oxygen atoms in total. The third-order valence-corrected chi connectivity index (χ3v) is 4.31. The molecule has 1 aliphatic heterocycles. The topological polar surface area (TPSA) is 75.7 Å². The predicted octanol–water partition coefficient (Wildman–Crippen LogP) is 2.85. The van der Waals surface area contributed by atoms with Gasteiger partial charge in [0.15, 0.2) is 0 Å². The Labute approximate surface area is 151 Å². The molecule has 2 aromatic carbocycles. The summed E-state index contributed by atoms with van der Waals surface area (Å²) >= 11 is 0. The Hall–Kier alpha value is -3.15. The van der Waals surface area contributed by atoms with Crippen molar-refractivity contribution >= 4 is 23.5 Å². The van der Waals surface area contributed by atoms with E-state index in [1.165, 1.54) is 7.11 Å². The highest BCUT2D eigenvalue weighted by Crippen LogP contribution is 2.19. The second-order valence-corrected chi connectivity index (χ2v) is 6.11. The summed E-state index contributed by atoms with van der Waals surface area (Å²) in [6, 6.07) is 13.8. The number of nitrogens with one attached hydrogen (secondary N) is 1. The first kappa shape index (κ1) is 17.7. The number of para-hydroxylation sites is 1. The number of rotatable bonds is 5. The summed E-state index contributed by atoms with van der Waals surface area (Å²) in [7, 11) is 1.30. The minimum absolute atomic E-state index is 0.145. The summed E-state index contributed by atoms with van der Waals surface area (Å²) in [6.45, 7) is 1.25. The molecule has 134 valence electrons. The second kappa shape index (κ2) is 7.82. The highest BCUT2D eigenvalue weighted by Gasteiger charge is 2.20. The summed E-state index contributed by atoms with van der Waals surface area (Å²) in [5.74, 6) is -0.690. The van der Waals surface area contributed by atoms with Gasteiger partial charge in [-0.05, 0) is 36.2 Å². The summed E-state index contributed by atoms with van der Waals surface area (Å²) in [6.07, 6.45) is 1.47. The fraction of sp³-hybridized carbons (Fsp3) is 0.250. The summed E-state index contributed by atoms with van der Waals surface area (Å²) < 4.78 is 4.74. The van der Waals surface area contributed by atoms with Crippen molar-refractivity contribution in [3.8, 4) is 0 Å². The largest absolute Gasteiger partial charge is 0.465 e. The molecule has 2 amide bonds. The third-order valence-electron chi connectivity index (χ3n) is 4.31. The van der Waals surface area contributed by atoms with Crippen LogP contribution in [0.25, 0.3) is 0 Å². The van der Waals surface area contributed by atoms with Crippen molar-refractivity contribution in [2.75, 3.05) is 19.0 Å². The molecule has 1 heterocycles. The number of nitrogens with zero attached hydrogens (tertiary/aromatic N) is 1. The number of anilines is 1. The van der Waals surface area contributed by atoms with Crippen LogP contribution < -0.4 is 5.32 Å². The van der Waals surface area contributed by atoms with Gasteiger partial charge >= 0.3 is 5.97 Å². The molecule has 0 radical (unpaired) electrons. The Morgan fingerprint density at radius 1 is 1.15 bits per heavy atom. The van der Waals surface area contributed by atoms with E-state index < -0.39 is 5.97 Å². The highest BCUT2D eigenvalue weighted by molar-refractivity contribution is 6.08. The molecular formula is C20H20N2O4. The molecule has 2 aromatic rings. The van der Waals surface area contributed by atoms with Crippen molar-refractivity contribution in [1.82, 2.24) is 4.90 Å². The van der Waals surface area contributed by atoms with Crippen LogP contribution in [-0.4, -0.2) is 36.3 Å². The van der Waals surface area contributed by atoms with E-state index in [9.17, 15) is 14.4 Å². The van der Waals surface area contributed by atoms with Crippen LogP contribution in [0.2, 0.25) is 0 Å². The maximum absolute atomic E-state index is 12.6. The average molecular weight is 352 g/mol. The molecule has 3 rings (SSSR count). The van der Waals surface area contributed by atoms with Gasteiger partial charge in [-0.25, -0.2) is 4.79 Å². The van der Waals surface area contributed by atoms with Crippen molar-refractivity contribution in [3.63, 3.8) is 0 Å². The summed E-state index contributed by atoms with van der Waals surface area (Å²) in [5, 5.41) is 2.75. The lowest BCUT2D eigenvalue weighted by molar-refractivity contribution is -0.128. The molecule has 0 atom stereocenters. The van der Waals surface area contributed by atoms with E-state index in [1.54, 1.807) is 47.4 Å². The highest BCUT2D eigenvalue weighted by atomic mass is 16.5. The van der Waals surface area contributed by atoms with Gasteiger partial charge in [0.1, 0.15) is 0 Å². The van der Waals surface area contributed by atoms with E-state index in [0.29, 0.717) is 29.8 Å². The number of methoxy groups -OCH3 is 1. The molecule has 1 N–H and O–H groups in total. The quantitative estimate of drug-likeness (QED) is 0.840. The van der Waals surface area contributed by atoms with E-state index in [1.807, 2.05) is 6.07 Å². The Morgan fingerprint density at radius 3 is 2.69 bits per heavy atom. The average Bonchev–Trinajstić information content (AvgIpc) is 3.06. The van der Waals surface area contributed by atoms with Crippen LogP contribution in [-0.2, 0) is 16.1 Å². The molecule has 0 aromatic heterocycles. The van der Waals surface area contributed by atoms with Crippen molar-refractivity contribution in [2.45, 2.75) is 19.4 Å². The molecular weight excluding hydrogens is 332 g/mol. The van der Waals surface area contributed by atoms with Gasteiger partial charge in [0.2, 0.25) is 5.91 Å². The number of hydrogen-bond donors (Lipinski definition) is 1.